The van der Waals surface area contributed by atoms with Gasteiger partial charge in [0.15, 0.2) is 0 Å². The summed E-state index contributed by atoms with van der Waals surface area (Å²) in [4.78, 5) is 0. The van der Waals surface area contributed by atoms with Gasteiger partial charge in [-0.2, -0.15) is 0 Å². The molecule has 0 unspecified atom stereocenters. The van der Waals surface area contributed by atoms with Crippen LogP contribution in [-0.2, 0) is 0 Å². The van der Waals surface area contributed by atoms with Crippen LogP contribution in [-0.4, -0.2) is 0 Å². The van der Waals surface area contributed by atoms with Gasteiger partial charge in [0.1, 0.15) is 11.2 Å². The Kier molecular flexibility index (Phi) is 5.45. The van der Waals surface area contributed by atoms with Gasteiger partial charge in [0.05, 0.1) is 0 Å². The van der Waals surface area contributed by atoms with E-state index in [4.69, 9.17) is 4.42 Å². The van der Waals surface area contributed by atoms with Crippen molar-refractivity contribution in [2.24, 2.45) is 0 Å². The van der Waals surface area contributed by atoms with Gasteiger partial charge in [-0.05, 0) is 101 Å². The second-order valence-corrected chi connectivity index (χ2v) is 13.1. The molecular formula is C48H28O. The fraction of sp³-hybridized carbons (Fsp3) is 0. The zero-order chi connectivity index (χ0) is 32.1. The second kappa shape index (κ2) is 10.0. The normalized spacial score (nSPS) is 12.1. The quantitative estimate of drug-likeness (QED) is 0.179. The SMILES string of the molecule is c1ccc(-c2c(-c3c4ccccc4c(-c4ccc5c6c(cccc46)-c4ccccc4-5)c4ccccc34)ccc3oc4ccccc4c23)cc1. The molecule has 1 nitrogen and oxygen atoms in total. The molecule has 0 bridgehead atoms. The molecule has 1 aliphatic rings. The van der Waals surface area contributed by atoms with Gasteiger partial charge >= 0.3 is 0 Å². The first-order valence-electron chi connectivity index (χ1n) is 16.9. The predicted molar refractivity (Wildman–Crippen MR) is 207 cm³/mol. The van der Waals surface area contributed by atoms with Crippen LogP contribution in [0.25, 0.3) is 110 Å². The molecule has 49 heavy (non-hydrogen) atoms. The molecular weight excluding hydrogens is 593 g/mol. The third-order valence-corrected chi connectivity index (χ3v) is 10.6. The lowest BCUT2D eigenvalue weighted by Gasteiger charge is -2.21. The highest BCUT2D eigenvalue weighted by Gasteiger charge is 2.26. The minimum atomic E-state index is 0.905. The van der Waals surface area contributed by atoms with E-state index in [-0.39, 0.29) is 0 Å². The molecule has 226 valence electrons. The maximum absolute atomic E-state index is 6.45. The lowest BCUT2D eigenvalue weighted by molar-refractivity contribution is 0.669. The molecule has 1 aromatic heterocycles. The van der Waals surface area contributed by atoms with Crippen molar-refractivity contribution in [3.63, 3.8) is 0 Å². The maximum atomic E-state index is 6.45. The summed E-state index contributed by atoms with van der Waals surface area (Å²) in [5, 5.41) is 9.93. The molecule has 1 heteroatoms. The average Bonchev–Trinajstić information content (AvgIpc) is 3.71. The monoisotopic (exact) mass is 620 g/mol. The van der Waals surface area contributed by atoms with Gasteiger partial charge in [-0.3, -0.25) is 0 Å². The van der Waals surface area contributed by atoms with E-state index < -0.39 is 0 Å². The van der Waals surface area contributed by atoms with Crippen molar-refractivity contribution >= 4 is 54.3 Å². The standard InChI is InChI=1S/C48H28O/c1-2-13-29(14-3-1)44-41(27-28-43-48(44)40-21-10-11-24-42(40)49-43)47-35-19-8-6-17-33(35)46(34-18-7-9-20-36(34)47)39-26-25-38-31-16-5-4-15-30(31)32-22-12-23-37(39)45(32)38/h1-28H. The van der Waals surface area contributed by atoms with E-state index >= 15 is 0 Å². The molecule has 1 heterocycles. The summed E-state index contributed by atoms with van der Waals surface area (Å²) in [7, 11) is 0. The fourth-order valence-corrected chi connectivity index (χ4v) is 8.66. The first-order valence-corrected chi connectivity index (χ1v) is 16.9. The summed E-state index contributed by atoms with van der Waals surface area (Å²) in [5.74, 6) is 0. The molecule has 0 N–H and O–H groups in total. The summed E-state index contributed by atoms with van der Waals surface area (Å²) in [6, 6.07) is 62.0. The van der Waals surface area contributed by atoms with Crippen LogP contribution < -0.4 is 0 Å². The van der Waals surface area contributed by atoms with Gasteiger partial charge in [0.25, 0.3) is 0 Å². The second-order valence-electron chi connectivity index (χ2n) is 13.1. The van der Waals surface area contributed by atoms with Crippen LogP contribution in [0.5, 0.6) is 0 Å². The van der Waals surface area contributed by atoms with Crippen molar-refractivity contribution in [1.29, 1.82) is 0 Å². The van der Waals surface area contributed by atoms with Crippen LogP contribution in [0.15, 0.2) is 174 Å². The Morgan fingerprint density at radius 3 is 1.43 bits per heavy atom. The highest BCUT2D eigenvalue weighted by atomic mass is 16.3. The van der Waals surface area contributed by atoms with Gasteiger partial charge in [-0.25, -0.2) is 0 Å². The van der Waals surface area contributed by atoms with Crippen molar-refractivity contribution in [3.05, 3.63) is 170 Å². The zero-order valence-corrected chi connectivity index (χ0v) is 26.6. The van der Waals surface area contributed by atoms with Crippen LogP contribution in [0.1, 0.15) is 0 Å². The lowest BCUT2D eigenvalue weighted by atomic mass is 9.82. The number of furan rings is 1. The maximum Gasteiger partial charge on any atom is 0.136 e. The largest absolute Gasteiger partial charge is 0.456 e. The van der Waals surface area contributed by atoms with Crippen molar-refractivity contribution in [2.45, 2.75) is 0 Å². The number of rotatable bonds is 3. The molecule has 0 fully saturated rings. The molecule has 9 aromatic carbocycles. The molecule has 0 amide bonds. The smallest absolute Gasteiger partial charge is 0.136 e. The van der Waals surface area contributed by atoms with Crippen LogP contribution in [0.3, 0.4) is 0 Å². The van der Waals surface area contributed by atoms with Crippen LogP contribution >= 0.6 is 0 Å². The zero-order valence-electron chi connectivity index (χ0n) is 26.6. The highest BCUT2D eigenvalue weighted by Crippen LogP contribution is 2.53. The van der Waals surface area contributed by atoms with Crippen molar-refractivity contribution in [2.75, 3.05) is 0 Å². The van der Waals surface area contributed by atoms with Crippen molar-refractivity contribution in [3.8, 4) is 55.6 Å². The molecule has 10 aromatic rings. The van der Waals surface area contributed by atoms with E-state index in [1.54, 1.807) is 0 Å². The van der Waals surface area contributed by atoms with E-state index in [0.29, 0.717) is 0 Å². The highest BCUT2D eigenvalue weighted by molar-refractivity contribution is 6.28. The van der Waals surface area contributed by atoms with Crippen molar-refractivity contribution < 1.29 is 4.42 Å². The third kappa shape index (κ3) is 3.65. The van der Waals surface area contributed by atoms with E-state index in [0.717, 1.165) is 21.9 Å². The Morgan fingerprint density at radius 1 is 0.245 bits per heavy atom. The van der Waals surface area contributed by atoms with E-state index in [1.807, 2.05) is 6.07 Å². The molecule has 0 saturated heterocycles. The lowest BCUT2D eigenvalue weighted by Crippen LogP contribution is -1.94. The van der Waals surface area contributed by atoms with Crippen LogP contribution in [0, 0.1) is 0 Å². The van der Waals surface area contributed by atoms with Crippen LogP contribution in [0.2, 0.25) is 0 Å². The van der Waals surface area contributed by atoms with E-state index in [9.17, 15) is 0 Å². The molecule has 0 atom stereocenters. The topological polar surface area (TPSA) is 13.1 Å². The van der Waals surface area contributed by atoms with Gasteiger partial charge in [-0.15, -0.1) is 0 Å². The fourth-order valence-electron chi connectivity index (χ4n) is 8.66. The number of benzene rings is 9. The summed E-state index contributed by atoms with van der Waals surface area (Å²) in [5.41, 5.74) is 14.5. The predicted octanol–water partition coefficient (Wildman–Crippen LogP) is 13.7. The van der Waals surface area contributed by atoms with Crippen LogP contribution in [0.4, 0.5) is 0 Å². The molecule has 11 rings (SSSR count). The van der Waals surface area contributed by atoms with E-state index in [2.05, 4.69) is 164 Å². The first-order chi connectivity index (χ1) is 24.3. The Hall–Kier alpha value is -6.44. The summed E-state index contributed by atoms with van der Waals surface area (Å²) in [6.07, 6.45) is 0. The molecule has 0 spiro atoms. The Labute approximate surface area is 283 Å². The molecule has 0 aliphatic heterocycles. The Balaban J connectivity index is 1.29. The third-order valence-electron chi connectivity index (χ3n) is 10.6. The molecule has 0 saturated carbocycles. The minimum Gasteiger partial charge on any atom is -0.456 e. The number of para-hydroxylation sites is 1. The van der Waals surface area contributed by atoms with Gasteiger partial charge in [-0.1, -0.05) is 152 Å². The van der Waals surface area contributed by atoms with Gasteiger partial charge in [0.2, 0.25) is 0 Å². The summed E-state index contributed by atoms with van der Waals surface area (Å²) in [6.45, 7) is 0. The average molecular weight is 621 g/mol. The first kappa shape index (κ1) is 26.6. The summed E-state index contributed by atoms with van der Waals surface area (Å²) >= 11 is 0. The molecule has 0 radical (unpaired) electrons. The van der Waals surface area contributed by atoms with Gasteiger partial charge in [0, 0.05) is 16.3 Å². The Bertz CT molecular complexity index is 2890. The molecule has 1 aliphatic carbocycles. The summed E-state index contributed by atoms with van der Waals surface area (Å²) < 4.78 is 6.45. The van der Waals surface area contributed by atoms with Gasteiger partial charge < -0.3 is 4.42 Å². The number of hydrogen-bond donors (Lipinski definition) is 0. The van der Waals surface area contributed by atoms with Crippen molar-refractivity contribution in [1.82, 2.24) is 0 Å². The van der Waals surface area contributed by atoms with E-state index in [1.165, 1.54) is 88.0 Å². The Morgan fingerprint density at radius 2 is 0.735 bits per heavy atom. The number of hydrogen-bond acceptors (Lipinski definition) is 1. The number of fused-ring (bicyclic) bond motifs is 8. The minimum absolute atomic E-state index is 0.905.